The lowest BCUT2D eigenvalue weighted by Gasteiger charge is -2.22. The van der Waals surface area contributed by atoms with Crippen molar-refractivity contribution >= 4 is 28.5 Å². The fraction of sp³-hybridized carbons (Fsp3) is 0.529. The molecule has 0 N–H and O–H groups in total. The topological polar surface area (TPSA) is 77.3 Å². The number of amides is 1. The Bertz CT molecular complexity index is 905. The number of pyridine rings is 1. The molecule has 2 aromatic heterocycles. The number of aromatic nitrogens is 3. The molecule has 1 spiro atoms. The van der Waals surface area contributed by atoms with E-state index in [1.807, 2.05) is 6.92 Å². The number of carbonyl (C=O) groups is 1. The van der Waals surface area contributed by atoms with Crippen LogP contribution in [-0.4, -0.2) is 51.9 Å². The first-order valence-corrected chi connectivity index (χ1v) is 8.84. The first-order valence-electron chi connectivity index (χ1n) is 8.46. The molecular weight excluding hydrogens is 344 g/mol. The summed E-state index contributed by atoms with van der Waals surface area (Å²) in [6.45, 7) is 5.24. The zero-order valence-electron chi connectivity index (χ0n) is 14.0. The maximum atomic E-state index is 13.0. The summed E-state index contributed by atoms with van der Waals surface area (Å²) in [5.74, 6) is -0.231. The molecule has 2 saturated heterocycles. The largest absolute Gasteiger partial charge is 0.381 e. The SMILES string of the molecule is CCn1cc(C(=O)N2CCC3(CCOC3)C2)c(=O)c2cc(Cl)nnc21. The van der Waals surface area contributed by atoms with Gasteiger partial charge in [-0.05, 0) is 25.8 Å². The van der Waals surface area contributed by atoms with Crippen molar-refractivity contribution in [3.8, 4) is 0 Å². The predicted octanol–water partition coefficient (Wildman–Crippen LogP) is 1.72. The number of likely N-dealkylation sites (tertiary alicyclic amines) is 1. The van der Waals surface area contributed by atoms with Gasteiger partial charge in [0.2, 0.25) is 5.43 Å². The fourth-order valence-corrected chi connectivity index (χ4v) is 3.95. The van der Waals surface area contributed by atoms with Gasteiger partial charge in [-0.1, -0.05) is 11.6 Å². The molecular formula is C17H19ClN4O3. The minimum Gasteiger partial charge on any atom is -0.381 e. The lowest BCUT2D eigenvalue weighted by atomic mass is 9.87. The van der Waals surface area contributed by atoms with Gasteiger partial charge in [-0.3, -0.25) is 9.59 Å². The smallest absolute Gasteiger partial charge is 0.259 e. The van der Waals surface area contributed by atoms with E-state index in [1.54, 1.807) is 15.7 Å². The molecule has 0 aliphatic carbocycles. The molecule has 4 heterocycles. The number of hydrogen-bond acceptors (Lipinski definition) is 5. The summed E-state index contributed by atoms with van der Waals surface area (Å²) in [5.41, 5.74) is 0.320. The molecule has 7 nitrogen and oxygen atoms in total. The Labute approximate surface area is 149 Å². The van der Waals surface area contributed by atoms with Gasteiger partial charge < -0.3 is 14.2 Å². The summed E-state index contributed by atoms with van der Waals surface area (Å²) in [6, 6.07) is 1.48. The molecule has 132 valence electrons. The van der Waals surface area contributed by atoms with E-state index < -0.39 is 0 Å². The van der Waals surface area contributed by atoms with Gasteiger partial charge in [-0.2, -0.15) is 0 Å². The number of ether oxygens (including phenoxy) is 1. The monoisotopic (exact) mass is 362 g/mol. The minimum atomic E-state index is -0.342. The number of halogens is 1. The van der Waals surface area contributed by atoms with Crippen LogP contribution >= 0.6 is 11.6 Å². The van der Waals surface area contributed by atoms with Crippen LogP contribution in [0.15, 0.2) is 17.1 Å². The molecule has 1 atom stereocenters. The molecule has 1 unspecified atom stereocenters. The standard InChI is InChI=1S/C17H19ClN4O3/c1-2-21-8-12(14(23)11-7-13(18)19-20-15(11)21)16(24)22-5-3-17(9-22)4-6-25-10-17/h7-8H,2-6,9-10H2,1H3. The molecule has 2 aliphatic rings. The second kappa shape index (κ2) is 6.07. The Balaban J connectivity index is 1.75. The Hall–Kier alpha value is -1.99. The summed E-state index contributed by atoms with van der Waals surface area (Å²) in [6.07, 6.45) is 3.48. The molecule has 0 bridgehead atoms. The van der Waals surface area contributed by atoms with Crippen LogP contribution < -0.4 is 5.43 Å². The van der Waals surface area contributed by atoms with E-state index in [0.29, 0.717) is 37.3 Å². The third kappa shape index (κ3) is 2.71. The lowest BCUT2D eigenvalue weighted by molar-refractivity contribution is 0.0764. The van der Waals surface area contributed by atoms with Gasteiger partial charge in [0, 0.05) is 37.9 Å². The van der Waals surface area contributed by atoms with Gasteiger partial charge in [0.05, 0.1) is 12.0 Å². The normalized spacial score (nSPS) is 23.0. The van der Waals surface area contributed by atoms with E-state index in [4.69, 9.17) is 16.3 Å². The molecule has 2 aliphatic heterocycles. The second-order valence-electron chi connectivity index (χ2n) is 6.84. The lowest BCUT2D eigenvalue weighted by Crippen LogP contribution is -2.35. The molecule has 25 heavy (non-hydrogen) atoms. The average Bonchev–Trinajstić information content (AvgIpc) is 3.25. The van der Waals surface area contributed by atoms with Crippen molar-refractivity contribution < 1.29 is 9.53 Å². The van der Waals surface area contributed by atoms with Gasteiger partial charge in [0.1, 0.15) is 5.56 Å². The van der Waals surface area contributed by atoms with Crippen molar-refractivity contribution in [2.45, 2.75) is 26.3 Å². The van der Waals surface area contributed by atoms with Crippen molar-refractivity contribution in [2.75, 3.05) is 26.3 Å². The van der Waals surface area contributed by atoms with Crippen LogP contribution in [0.4, 0.5) is 0 Å². The predicted molar refractivity (Wildman–Crippen MR) is 92.9 cm³/mol. The molecule has 2 fully saturated rings. The molecule has 8 heteroatoms. The average molecular weight is 363 g/mol. The fourth-order valence-electron chi connectivity index (χ4n) is 3.81. The van der Waals surface area contributed by atoms with Gasteiger partial charge in [-0.15, -0.1) is 10.2 Å². The molecule has 0 saturated carbocycles. The number of rotatable bonds is 2. The first-order chi connectivity index (χ1) is 12.0. The number of fused-ring (bicyclic) bond motifs is 1. The van der Waals surface area contributed by atoms with E-state index in [0.717, 1.165) is 19.4 Å². The van der Waals surface area contributed by atoms with Crippen molar-refractivity contribution in [1.29, 1.82) is 0 Å². The Morgan fingerprint density at radius 1 is 1.40 bits per heavy atom. The third-order valence-corrected chi connectivity index (χ3v) is 5.46. The first kappa shape index (κ1) is 16.5. The van der Waals surface area contributed by atoms with Gasteiger partial charge in [-0.25, -0.2) is 0 Å². The Kier molecular flexibility index (Phi) is 4.00. The van der Waals surface area contributed by atoms with Crippen LogP contribution in [0.1, 0.15) is 30.1 Å². The molecule has 0 aromatic carbocycles. The van der Waals surface area contributed by atoms with E-state index in [2.05, 4.69) is 10.2 Å². The van der Waals surface area contributed by atoms with Gasteiger partial charge in [0.25, 0.3) is 5.91 Å². The van der Waals surface area contributed by atoms with Crippen LogP contribution in [0, 0.1) is 5.41 Å². The molecule has 1 amide bonds. The number of carbonyl (C=O) groups excluding carboxylic acids is 1. The van der Waals surface area contributed by atoms with Crippen molar-refractivity contribution in [1.82, 2.24) is 19.7 Å². The van der Waals surface area contributed by atoms with Crippen LogP contribution in [0.2, 0.25) is 5.15 Å². The van der Waals surface area contributed by atoms with Crippen molar-refractivity contribution in [2.24, 2.45) is 5.41 Å². The van der Waals surface area contributed by atoms with Crippen LogP contribution in [0.5, 0.6) is 0 Å². The summed E-state index contributed by atoms with van der Waals surface area (Å²) in [4.78, 5) is 27.6. The van der Waals surface area contributed by atoms with Crippen LogP contribution in [-0.2, 0) is 11.3 Å². The van der Waals surface area contributed by atoms with E-state index in [1.165, 1.54) is 6.07 Å². The Morgan fingerprint density at radius 2 is 2.24 bits per heavy atom. The highest BCUT2D eigenvalue weighted by Gasteiger charge is 2.43. The highest BCUT2D eigenvalue weighted by atomic mass is 35.5. The molecule has 4 rings (SSSR count). The van der Waals surface area contributed by atoms with Gasteiger partial charge in [0.15, 0.2) is 10.8 Å². The quantitative estimate of drug-likeness (QED) is 0.812. The zero-order valence-corrected chi connectivity index (χ0v) is 14.8. The van der Waals surface area contributed by atoms with Crippen molar-refractivity contribution in [3.63, 3.8) is 0 Å². The second-order valence-corrected chi connectivity index (χ2v) is 7.23. The van der Waals surface area contributed by atoms with E-state index >= 15 is 0 Å². The summed E-state index contributed by atoms with van der Waals surface area (Å²) >= 11 is 5.90. The molecule has 2 aromatic rings. The number of aryl methyl sites for hydroxylation is 1. The third-order valence-electron chi connectivity index (χ3n) is 5.27. The van der Waals surface area contributed by atoms with Crippen molar-refractivity contribution in [3.05, 3.63) is 33.2 Å². The molecule has 0 radical (unpaired) electrons. The maximum Gasteiger partial charge on any atom is 0.259 e. The summed E-state index contributed by atoms with van der Waals surface area (Å²) in [7, 11) is 0. The summed E-state index contributed by atoms with van der Waals surface area (Å²) in [5, 5.41) is 8.28. The number of nitrogens with zero attached hydrogens (tertiary/aromatic N) is 4. The zero-order chi connectivity index (χ0) is 17.6. The summed E-state index contributed by atoms with van der Waals surface area (Å²) < 4.78 is 7.28. The highest BCUT2D eigenvalue weighted by molar-refractivity contribution is 6.29. The van der Waals surface area contributed by atoms with Crippen LogP contribution in [0.3, 0.4) is 0 Å². The minimum absolute atomic E-state index is 0.0606. The van der Waals surface area contributed by atoms with E-state index in [9.17, 15) is 9.59 Å². The maximum absolute atomic E-state index is 13.0. The van der Waals surface area contributed by atoms with E-state index in [-0.39, 0.29) is 27.5 Å². The van der Waals surface area contributed by atoms with Crippen LogP contribution in [0.25, 0.3) is 11.0 Å². The highest BCUT2D eigenvalue weighted by Crippen LogP contribution is 2.38. The van der Waals surface area contributed by atoms with Gasteiger partial charge >= 0.3 is 0 Å². The Morgan fingerprint density at radius 3 is 2.96 bits per heavy atom. The number of hydrogen-bond donors (Lipinski definition) is 0.